The van der Waals surface area contributed by atoms with E-state index in [-0.39, 0.29) is 6.09 Å². The first-order valence-electron chi connectivity index (χ1n) is 7.83. The van der Waals surface area contributed by atoms with E-state index in [1.165, 1.54) is 12.0 Å². The lowest BCUT2D eigenvalue weighted by molar-refractivity contribution is 0.0908. The molecule has 2 aliphatic rings. The van der Waals surface area contributed by atoms with E-state index in [2.05, 4.69) is 16.9 Å². The highest BCUT2D eigenvalue weighted by Gasteiger charge is 2.19. The second-order valence-electron chi connectivity index (χ2n) is 5.17. The second kappa shape index (κ2) is 11.4. The fourth-order valence-electron chi connectivity index (χ4n) is 1.93. The summed E-state index contributed by atoms with van der Waals surface area (Å²) in [7, 11) is 3.20. The third-order valence-electron chi connectivity index (χ3n) is 3.22. The van der Waals surface area contributed by atoms with Crippen LogP contribution >= 0.6 is 21.6 Å². The molecule has 6 nitrogen and oxygen atoms in total. The Kier molecular flexibility index (Phi) is 9.04. The van der Waals surface area contributed by atoms with Crippen LogP contribution in [-0.4, -0.2) is 61.3 Å². The standard InChI is InChI=1S/C11H14N2O3S2.C5H9N/c14-11(13-5-6-15-9-13)16-7-8-17-18-10-3-1-2-4-12-10;1-5-2-3-6-4-5/h1-4H,5-9H2;6H,1-4H2. The summed E-state index contributed by atoms with van der Waals surface area (Å²) >= 11 is 0. The molecule has 0 radical (unpaired) electrons. The van der Waals surface area contributed by atoms with E-state index < -0.39 is 0 Å². The van der Waals surface area contributed by atoms with Gasteiger partial charge in [0.1, 0.15) is 18.4 Å². The van der Waals surface area contributed by atoms with Gasteiger partial charge in [-0.15, -0.1) is 0 Å². The zero-order chi connectivity index (χ0) is 17.0. The molecule has 2 aliphatic heterocycles. The van der Waals surface area contributed by atoms with E-state index in [9.17, 15) is 4.79 Å². The normalized spacial score (nSPS) is 16.7. The van der Waals surface area contributed by atoms with Gasteiger partial charge in [-0.1, -0.05) is 29.0 Å². The van der Waals surface area contributed by atoms with Crippen LogP contribution in [0.15, 0.2) is 41.6 Å². The summed E-state index contributed by atoms with van der Waals surface area (Å²) in [5, 5.41) is 4.13. The van der Waals surface area contributed by atoms with Gasteiger partial charge in [-0.2, -0.15) is 0 Å². The van der Waals surface area contributed by atoms with Gasteiger partial charge in [-0.3, -0.25) is 4.90 Å². The molecule has 24 heavy (non-hydrogen) atoms. The van der Waals surface area contributed by atoms with E-state index in [4.69, 9.17) is 9.47 Å². The number of rotatable bonds is 5. The van der Waals surface area contributed by atoms with Crippen molar-refractivity contribution in [1.29, 1.82) is 0 Å². The molecule has 2 saturated heterocycles. The van der Waals surface area contributed by atoms with Gasteiger partial charge < -0.3 is 14.8 Å². The van der Waals surface area contributed by atoms with Crippen molar-refractivity contribution in [2.45, 2.75) is 11.4 Å². The van der Waals surface area contributed by atoms with E-state index >= 15 is 0 Å². The summed E-state index contributed by atoms with van der Waals surface area (Å²) in [6.07, 6.45) is 2.65. The number of carbonyl (C=O) groups is 1. The molecule has 1 N–H and O–H groups in total. The monoisotopic (exact) mass is 369 g/mol. The fraction of sp³-hybridized carbons (Fsp3) is 0.500. The molecule has 132 valence electrons. The lowest BCUT2D eigenvalue weighted by Gasteiger charge is -2.12. The molecule has 0 unspecified atom stereocenters. The molecule has 0 bridgehead atoms. The quantitative estimate of drug-likeness (QED) is 0.486. The third kappa shape index (κ3) is 7.57. The van der Waals surface area contributed by atoms with E-state index in [1.54, 1.807) is 32.7 Å². The maximum Gasteiger partial charge on any atom is 0.411 e. The van der Waals surface area contributed by atoms with Crippen molar-refractivity contribution in [1.82, 2.24) is 15.2 Å². The summed E-state index contributed by atoms with van der Waals surface area (Å²) < 4.78 is 10.2. The summed E-state index contributed by atoms with van der Waals surface area (Å²) in [4.78, 5) is 17.2. The molecule has 2 fully saturated rings. The number of carbonyl (C=O) groups excluding carboxylic acids is 1. The lowest BCUT2D eigenvalue weighted by Crippen LogP contribution is -2.29. The zero-order valence-corrected chi connectivity index (χ0v) is 15.2. The van der Waals surface area contributed by atoms with Crippen LogP contribution in [0.2, 0.25) is 0 Å². The first-order valence-corrected chi connectivity index (χ1v) is 10.1. The maximum atomic E-state index is 11.5. The summed E-state index contributed by atoms with van der Waals surface area (Å²) in [5.74, 6) is 0.738. The van der Waals surface area contributed by atoms with Crippen LogP contribution in [0, 0.1) is 0 Å². The minimum atomic E-state index is -0.295. The summed E-state index contributed by atoms with van der Waals surface area (Å²) in [5.41, 5.74) is 1.34. The Hall–Kier alpha value is -1.22. The van der Waals surface area contributed by atoms with Gasteiger partial charge in [0.15, 0.2) is 0 Å². The van der Waals surface area contributed by atoms with E-state index in [1.807, 2.05) is 18.2 Å². The number of hydrogen-bond acceptors (Lipinski definition) is 7. The van der Waals surface area contributed by atoms with Gasteiger partial charge in [0.2, 0.25) is 0 Å². The minimum absolute atomic E-state index is 0.295. The number of nitrogens with one attached hydrogen (secondary N) is 1. The molecule has 0 aromatic carbocycles. The first-order chi connectivity index (χ1) is 11.8. The van der Waals surface area contributed by atoms with Gasteiger partial charge in [-0.05, 0) is 35.9 Å². The van der Waals surface area contributed by atoms with Gasteiger partial charge in [-0.25, -0.2) is 9.78 Å². The molecule has 1 aromatic rings. The van der Waals surface area contributed by atoms with Crippen molar-refractivity contribution in [2.75, 3.05) is 45.3 Å². The number of amides is 1. The molecular formula is C16H23N3O3S2. The topological polar surface area (TPSA) is 63.7 Å². The number of ether oxygens (including phenoxy) is 2. The Morgan fingerprint density at radius 1 is 1.50 bits per heavy atom. The van der Waals surface area contributed by atoms with Crippen LogP contribution in [0.5, 0.6) is 0 Å². The number of aromatic nitrogens is 1. The van der Waals surface area contributed by atoms with Crippen molar-refractivity contribution in [3.05, 3.63) is 36.5 Å². The van der Waals surface area contributed by atoms with Crippen LogP contribution in [0.25, 0.3) is 0 Å². The van der Waals surface area contributed by atoms with Gasteiger partial charge in [0.25, 0.3) is 0 Å². The van der Waals surface area contributed by atoms with Gasteiger partial charge in [0.05, 0.1) is 6.61 Å². The van der Waals surface area contributed by atoms with Crippen LogP contribution in [-0.2, 0) is 9.47 Å². The summed E-state index contributed by atoms with van der Waals surface area (Å²) in [6, 6.07) is 5.78. The maximum absolute atomic E-state index is 11.5. The Morgan fingerprint density at radius 3 is 3.00 bits per heavy atom. The molecule has 1 aromatic heterocycles. The summed E-state index contributed by atoms with van der Waals surface area (Å²) in [6.45, 7) is 7.93. The molecule has 3 heterocycles. The fourth-order valence-corrected chi connectivity index (χ4v) is 3.64. The van der Waals surface area contributed by atoms with E-state index in [0.29, 0.717) is 26.5 Å². The predicted octanol–water partition coefficient (Wildman–Crippen LogP) is 2.78. The minimum Gasteiger partial charge on any atom is -0.448 e. The predicted molar refractivity (Wildman–Crippen MR) is 98.1 cm³/mol. The highest BCUT2D eigenvalue weighted by molar-refractivity contribution is 8.76. The average molecular weight is 370 g/mol. The number of nitrogens with zero attached hydrogens (tertiary/aromatic N) is 2. The molecule has 0 saturated carbocycles. The molecule has 0 spiro atoms. The Bertz CT molecular complexity index is 503. The lowest BCUT2D eigenvalue weighted by atomic mass is 10.3. The van der Waals surface area contributed by atoms with Crippen LogP contribution in [0.4, 0.5) is 4.79 Å². The second-order valence-corrected chi connectivity index (χ2v) is 7.60. The van der Waals surface area contributed by atoms with Crippen molar-refractivity contribution in [3.63, 3.8) is 0 Å². The van der Waals surface area contributed by atoms with Crippen LogP contribution in [0.1, 0.15) is 6.42 Å². The highest BCUT2D eigenvalue weighted by atomic mass is 33.1. The smallest absolute Gasteiger partial charge is 0.411 e. The molecule has 0 atom stereocenters. The third-order valence-corrected chi connectivity index (χ3v) is 5.44. The van der Waals surface area contributed by atoms with Crippen LogP contribution in [0.3, 0.4) is 0 Å². The number of hydrogen-bond donors (Lipinski definition) is 1. The van der Waals surface area contributed by atoms with Crippen molar-refractivity contribution in [2.24, 2.45) is 0 Å². The van der Waals surface area contributed by atoms with Gasteiger partial charge in [0, 0.05) is 25.0 Å². The highest BCUT2D eigenvalue weighted by Crippen LogP contribution is 2.28. The van der Waals surface area contributed by atoms with Gasteiger partial charge >= 0.3 is 6.09 Å². The van der Waals surface area contributed by atoms with Crippen molar-refractivity contribution >= 4 is 27.7 Å². The molecular weight excluding hydrogens is 346 g/mol. The number of pyridine rings is 1. The molecule has 1 amide bonds. The van der Waals surface area contributed by atoms with E-state index in [0.717, 1.165) is 23.9 Å². The van der Waals surface area contributed by atoms with Crippen LogP contribution < -0.4 is 5.32 Å². The zero-order valence-electron chi connectivity index (χ0n) is 13.6. The average Bonchev–Trinajstić information content (AvgIpc) is 3.29. The first kappa shape index (κ1) is 19.1. The van der Waals surface area contributed by atoms with Crippen molar-refractivity contribution < 1.29 is 14.3 Å². The van der Waals surface area contributed by atoms with Crippen molar-refractivity contribution in [3.8, 4) is 0 Å². The molecule has 8 heteroatoms. The Balaban J connectivity index is 0.000000292. The molecule has 3 rings (SSSR count). The SMILES string of the molecule is C=C1CCNC1.O=C(OCCSSc1ccccn1)N1CCOC1. The Morgan fingerprint density at radius 2 is 2.42 bits per heavy atom. The Labute approximate surface area is 150 Å². The molecule has 0 aliphatic carbocycles. The largest absolute Gasteiger partial charge is 0.448 e.